The molecule has 21 heavy (non-hydrogen) atoms. The number of benzene rings is 1. The molecule has 0 spiro atoms. The zero-order valence-corrected chi connectivity index (χ0v) is 13.2. The number of rotatable bonds is 6. The Balaban J connectivity index is 3.11. The first kappa shape index (κ1) is 17.0. The Morgan fingerprint density at radius 3 is 2.67 bits per heavy atom. The highest BCUT2D eigenvalue weighted by Gasteiger charge is 2.20. The summed E-state index contributed by atoms with van der Waals surface area (Å²) in [6.07, 6.45) is 1.57. The van der Waals surface area contributed by atoms with Crippen LogP contribution in [0.25, 0.3) is 0 Å². The first-order chi connectivity index (χ1) is 9.90. The highest BCUT2D eigenvalue weighted by molar-refractivity contribution is 6.31. The number of methoxy groups -OCH3 is 1. The van der Waals surface area contributed by atoms with Gasteiger partial charge in [0, 0.05) is 24.6 Å². The second-order valence-corrected chi connectivity index (χ2v) is 4.88. The minimum atomic E-state index is -0.278. The summed E-state index contributed by atoms with van der Waals surface area (Å²) < 4.78 is 5.25. The highest BCUT2D eigenvalue weighted by atomic mass is 35.5. The summed E-state index contributed by atoms with van der Waals surface area (Å²) >= 11 is 6.05. The van der Waals surface area contributed by atoms with Crippen LogP contribution in [-0.4, -0.2) is 32.0 Å². The molecule has 2 amide bonds. The van der Waals surface area contributed by atoms with E-state index in [4.69, 9.17) is 16.3 Å². The van der Waals surface area contributed by atoms with E-state index in [2.05, 4.69) is 11.9 Å². The van der Waals surface area contributed by atoms with Gasteiger partial charge in [-0.2, -0.15) is 0 Å². The monoisotopic (exact) mass is 310 g/mol. The quantitative estimate of drug-likeness (QED) is 0.820. The molecule has 0 saturated carbocycles. The van der Waals surface area contributed by atoms with Crippen LogP contribution in [0.2, 0.25) is 5.02 Å². The van der Waals surface area contributed by atoms with Crippen molar-refractivity contribution in [3.63, 3.8) is 0 Å². The van der Waals surface area contributed by atoms with Crippen molar-refractivity contribution in [2.75, 3.05) is 25.1 Å². The second kappa shape index (κ2) is 7.69. The molecular formula is C15H19ClN2O3. The molecule has 0 radical (unpaired) electrons. The van der Waals surface area contributed by atoms with Gasteiger partial charge >= 0.3 is 0 Å². The zero-order chi connectivity index (χ0) is 16.0. The third-order valence-electron chi connectivity index (χ3n) is 2.88. The van der Waals surface area contributed by atoms with E-state index in [9.17, 15) is 9.59 Å². The first-order valence-corrected chi connectivity index (χ1v) is 6.78. The lowest BCUT2D eigenvalue weighted by molar-refractivity contribution is -0.122. The molecule has 0 atom stereocenters. The molecule has 1 rings (SSSR count). The Labute approximate surface area is 129 Å². The number of carbonyl (C=O) groups is 2. The summed E-state index contributed by atoms with van der Waals surface area (Å²) in [7, 11) is 1.49. The molecule has 1 aromatic carbocycles. The lowest BCUT2D eigenvalue weighted by Gasteiger charge is -2.23. The Kier molecular flexibility index (Phi) is 6.24. The van der Waals surface area contributed by atoms with Gasteiger partial charge in [-0.1, -0.05) is 17.7 Å². The van der Waals surface area contributed by atoms with Gasteiger partial charge in [0.15, 0.2) is 0 Å². The first-order valence-electron chi connectivity index (χ1n) is 6.40. The lowest BCUT2D eigenvalue weighted by atomic mass is 10.2. The van der Waals surface area contributed by atoms with Crippen LogP contribution in [0.15, 0.2) is 24.8 Å². The molecule has 0 aromatic heterocycles. The number of halogens is 1. The molecule has 0 aliphatic rings. The molecule has 0 aliphatic heterocycles. The normalized spacial score (nSPS) is 9.90. The van der Waals surface area contributed by atoms with E-state index in [0.717, 1.165) is 5.56 Å². The van der Waals surface area contributed by atoms with Gasteiger partial charge in [-0.3, -0.25) is 14.5 Å². The number of ether oxygens (including phenoxy) is 1. The zero-order valence-electron chi connectivity index (χ0n) is 12.4. The smallest absolute Gasteiger partial charge is 0.240 e. The average Bonchev–Trinajstić information content (AvgIpc) is 2.44. The van der Waals surface area contributed by atoms with Crippen molar-refractivity contribution in [2.24, 2.45) is 0 Å². The molecule has 1 aromatic rings. The molecule has 0 heterocycles. The summed E-state index contributed by atoms with van der Waals surface area (Å²) in [6, 6.07) is 3.35. The number of hydrogen-bond acceptors (Lipinski definition) is 3. The number of aryl methyl sites for hydroxylation is 1. The van der Waals surface area contributed by atoms with Crippen molar-refractivity contribution in [1.82, 2.24) is 5.32 Å². The van der Waals surface area contributed by atoms with Crippen LogP contribution in [0.5, 0.6) is 5.75 Å². The van der Waals surface area contributed by atoms with E-state index in [0.29, 0.717) is 23.0 Å². The standard InChI is InChI=1S/C15H19ClN2O3/c1-5-6-17-15(20)9-18(11(3)19)13-7-10(2)12(16)8-14(13)21-4/h5,7-8H,1,6,9H2,2-4H3,(H,17,20). The van der Waals surface area contributed by atoms with E-state index in [1.165, 1.54) is 18.9 Å². The molecule has 0 fully saturated rings. The van der Waals surface area contributed by atoms with Crippen molar-refractivity contribution in [1.29, 1.82) is 0 Å². The van der Waals surface area contributed by atoms with Crippen LogP contribution < -0.4 is 15.0 Å². The molecular weight excluding hydrogens is 292 g/mol. The number of carbonyl (C=O) groups excluding carboxylic acids is 2. The molecule has 1 N–H and O–H groups in total. The van der Waals surface area contributed by atoms with Gasteiger partial charge in [0.25, 0.3) is 0 Å². The van der Waals surface area contributed by atoms with Gasteiger partial charge in [-0.25, -0.2) is 0 Å². The fraction of sp³-hybridized carbons (Fsp3) is 0.333. The minimum Gasteiger partial charge on any atom is -0.495 e. The maximum Gasteiger partial charge on any atom is 0.240 e. The molecule has 114 valence electrons. The van der Waals surface area contributed by atoms with E-state index in [-0.39, 0.29) is 18.4 Å². The van der Waals surface area contributed by atoms with Crippen molar-refractivity contribution in [2.45, 2.75) is 13.8 Å². The predicted molar refractivity (Wildman–Crippen MR) is 84.0 cm³/mol. The van der Waals surface area contributed by atoms with E-state index < -0.39 is 0 Å². The fourth-order valence-corrected chi connectivity index (χ4v) is 1.93. The van der Waals surface area contributed by atoms with Crippen molar-refractivity contribution < 1.29 is 14.3 Å². The Bertz CT molecular complexity index is 558. The molecule has 6 heteroatoms. The SMILES string of the molecule is C=CCNC(=O)CN(C(C)=O)c1cc(C)c(Cl)cc1OC. The van der Waals surface area contributed by atoms with Crippen LogP contribution in [-0.2, 0) is 9.59 Å². The molecule has 5 nitrogen and oxygen atoms in total. The maximum absolute atomic E-state index is 11.9. The highest BCUT2D eigenvalue weighted by Crippen LogP contribution is 2.33. The third kappa shape index (κ3) is 4.49. The van der Waals surface area contributed by atoms with Crippen LogP contribution in [0.4, 0.5) is 5.69 Å². The number of nitrogens with one attached hydrogen (secondary N) is 1. The van der Waals surface area contributed by atoms with Gasteiger partial charge in [-0.05, 0) is 18.6 Å². The summed E-state index contributed by atoms with van der Waals surface area (Å²) in [5.41, 5.74) is 1.31. The summed E-state index contributed by atoms with van der Waals surface area (Å²) in [6.45, 7) is 6.99. The van der Waals surface area contributed by atoms with Gasteiger partial charge in [0.05, 0.1) is 12.8 Å². The average molecular weight is 311 g/mol. The fourth-order valence-electron chi connectivity index (χ4n) is 1.77. The minimum absolute atomic E-state index is 0.0966. The van der Waals surface area contributed by atoms with Gasteiger partial charge < -0.3 is 10.1 Å². The van der Waals surface area contributed by atoms with Crippen LogP contribution in [0.1, 0.15) is 12.5 Å². The van der Waals surface area contributed by atoms with E-state index in [1.807, 2.05) is 6.92 Å². The van der Waals surface area contributed by atoms with Gasteiger partial charge in [0.1, 0.15) is 12.3 Å². The maximum atomic E-state index is 11.9. The molecule has 0 saturated heterocycles. The largest absolute Gasteiger partial charge is 0.495 e. The van der Waals surface area contributed by atoms with Crippen LogP contribution in [0, 0.1) is 6.92 Å². The topological polar surface area (TPSA) is 58.6 Å². The predicted octanol–water partition coefficient (Wildman–Crippen LogP) is 2.31. The van der Waals surface area contributed by atoms with Crippen molar-refractivity contribution in [3.05, 3.63) is 35.4 Å². The van der Waals surface area contributed by atoms with Gasteiger partial charge in [-0.15, -0.1) is 6.58 Å². The summed E-state index contributed by atoms with van der Waals surface area (Å²) in [5.74, 6) is -0.0964. The summed E-state index contributed by atoms with van der Waals surface area (Å²) in [4.78, 5) is 25.0. The number of nitrogens with zero attached hydrogens (tertiary/aromatic N) is 1. The number of hydrogen-bond donors (Lipinski definition) is 1. The van der Waals surface area contributed by atoms with E-state index >= 15 is 0 Å². The lowest BCUT2D eigenvalue weighted by Crippen LogP contribution is -2.40. The van der Waals surface area contributed by atoms with Gasteiger partial charge in [0.2, 0.25) is 11.8 Å². The van der Waals surface area contributed by atoms with Crippen molar-refractivity contribution in [3.8, 4) is 5.75 Å². The number of anilines is 1. The summed E-state index contributed by atoms with van der Waals surface area (Å²) in [5, 5.41) is 3.17. The molecule has 0 unspecified atom stereocenters. The van der Waals surface area contributed by atoms with Crippen molar-refractivity contribution >= 4 is 29.1 Å². The second-order valence-electron chi connectivity index (χ2n) is 4.47. The molecule has 0 aliphatic carbocycles. The Morgan fingerprint density at radius 1 is 1.48 bits per heavy atom. The third-order valence-corrected chi connectivity index (χ3v) is 3.28. The molecule has 0 bridgehead atoms. The Hall–Kier alpha value is -2.01. The van der Waals surface area contributed by atoms with Crippen LogP contribution in [0.3, 0.4) is 0 Å². The van der Waals surface area contributed by atoms with E-state index in [1.54, 1.807) is 18.2 Å². The van der Waals surface area contributed by atoms with Crippen LogP contribution >= 0.6 is 11.6 Å². The Morgan fingerprint density at radius 2 is 2.14 bits per heavy atom. The number of amides is 2.